The van der Waals surface area contributed by atoms with Gasteiger partial charge in [-0.15, -0.1) is 11.3 Å². The van der Waals surface area contributed by atoms with Crippen molar-refractivity contribution in [2.24, 2.45) is 11.0 Å². The molecule has 0 atom stereocenters. The van der Waals surface area contributed by atoms with Crippen LogP contribution in [0.2, 0.25) is 0 Å². The van der Waals surface area contributed by atoms with E-state index in [4.69, 9.17) is 10.3 Å². The summed E-state index contributed by atoms with van der Waals surface area (Å²) in [7, 11) is 0. The Morgan fingerprint density at radius 2 is 2.17 bits per heavy atom. The number of carbonyl (C=O) groups excluding carboxylic acids is 1. The van der Waals surface area contributed by atoms with Crippen molar-refractivity contribution in [1.29, 1.82) is 0 Å². The molecule has 2 rings (SSSR count). The molecule has 1 aromatic heterocycles. The number of aromatic nitrogens is 1. The van der Waals surface area contributed by atoms with Crippen LogP contribution in [0.25, 0.3) is 10.4 Å². The zero-order valence-electron chi connectivity index (χ0n) is 14.5. The second kappa shape index (κ2) is 8.35. The molecular formula is C16H25N5O2S. The molecule has 0 spiro atoms. The number of nitrogens with one attached hydrogen (secondary N) is 1. The van der Waals surface area contributed by atoms with E-state index in [9.17, 15) is 4.79 Å². The topological polar surface area (TPSA) is 100.0 Å². The van der Waals surface area contributed by atoms with E-state index in [1.807, 2.05) is 20.8 Å². The van der Waals surface area contributed by atoms with E-state index in [-0.39, 0.29) is 17.7 Å². The van der Waals surface area contributed by atoms with Crippen LogP contribution in [-0.2, 0) is 17.7 Å². The third-order valence-electron chi connectivity index (χ3n) is 3.90. The molecule has 1 aliphatic carbocycles. The van der Waals surface area contributed by atoms with E-state index in [0.29, 0.717) is 12.5 Å². The Bertz CT molecular complexity index is 596. The Labute approximate surface area is 146 Å². The molecule has 1 aliphatic rings. The maximum absolute atomic E-state index is 11.8. The van der Waals surface area contributed by atoms with Gasteiger partial charge in [0, 0.05) is 27.9 Å². The number of carbonyl (C=O) groups is 1. The van der Waals surface area contributed by atoms with Gasteiger partial charge in [-0.05, 0) is 57.9 Å². The Hall–Kier alpha value is -1.79. The zero-order valence-corrected chi connectivity index (χ0v) is 15.3. The number of hydrogen-bond acceptors (Lipinski definition) is 5. The quantitative estimate of drug-likeness (QED) is 0.477. The van der Waals surface area contributed by atoms with Gasteiger partial charge in [-0.1, -0.05) is 5.11 Å². The molecule has 8 heteroatoms. The molecule has 132 valence electrons. The highest BCUT2D eigenvalue weighted by atomic mass is 32.1. The van der Waals surface area contributed by atoms with Gasteiger partial charge >= 0.3 is 6.09 Å². The molecular weight excluding hydrogens is 326 g/mol. The zero-order chi connectivity index (χ0) is 17.6. The van der Waals surface area contributed by atoms with Gasteiger partial charge in [0.2, 0.25) is 0 Å². The summed E-state index contributed by atoms with van der Waals surface area (Å²) in [5, 5.41) is 7.49. The Balaban J connectivity index is 1.73. The molecule has 24 heavy (non-hydrogen) atoms. The summed E-state index contributed by atoms with van der Waals surface area (Å²) < 4.78 is 5.50. The molecule has 0 aliphatic heterocycles. The maximum Gasteiger partial charge on any atom is 0.407 e. The number of azide groups is 1. The summed E-state index contributed by atoms with van der Waals surface area (Å²) in [5.41, 5.74) is 8.08. The number of thiazole rings is 1. The monoisotopic (exact) mass is 351 g/mol. The minimum Gasteiger partial charge on any atom is -0.446 e. The predicted octanol–water partition coefficient (Wildman–Crippen LogP) is 4.58. The minimum absolute atomic E-state index is 0.0143. The van der Waals surface area contributed by atoms with Crippen LogP contribution in [0.5, 0.6) is 0 Å². The van der Waals surface area contributed by atoms with Crippen LogP contribution in [0.15, 0.2) is 11.3 Å². The fraction of sp³-hybridized carbons (Fsp3) is 0.750. The molecule has 0 aromatic carbocycles. The molecule has 0 unspecified atom stereocenters. The second-order valence-electron chi connectivity index (χ2n) is 7.24. The fourth-order valence-corrected chi connectivity index (χ4v) is 3.76. The lowest BCUT2D eigenvalue weighted by atomic mass is 9.85. The summed E-state index contributed by atoms with van der Waals surface area (Å²) in [6, 6.07) is 0. The molecule has 1 heterocycles. The van der Waals surface area contributed by atoms with Gasteiger partial charge in [0.15, 0.2) is 0 Å². The lowest BCUT2D eigenvalue weighted by Gasteiger charge is -2.29. The van der Waals surface area contributed by atoms with E-state index in [1.54, 1.807) is 17.5 Å². The van der Waals surface area contributed by atoms with E-state index in [1.165, 1.54) is 0 Å². The summed E-state index contributed by atoms with van der Waals surface area (Å²) in [6.07, 6.45) is 6.31. The Morgan fingerprint density at radius 3 is 2.79 bits per heavy atom. The number of nitrogens with zero attached hydrogens (tertiary/aromatic N) is 4. The van der Waals surface area contributed by atoms with Crippen LogP contribution in [0.3, 0.4) is 0 Å². The standard InChI is InChI=1S/C16H25N5O2S/c1-16(2,3)20-15(22)23-12-6-4-11(5-7-12)8-14-18-9-13(24-14)10-19-21-17/h9,11-12H,4-8,10H2,1-3H3,(H,20,22). The molecule has 7 nitrogen and oxygen atoms in total. The van der Waals surface area contributed by atoms with Crippen molar-refractivity contribution < 1.29 is 9.53 Å². The molecule has 1 N–H and O–H groups in total. The van der Waals surface area contributed by atoms with Crippen LogP contribution >= 0.6 is 11.3 Å². The van der Waals surface area contributed by atoms with Crippen molar-refractivity contribution in [2.75, 3.05) is 0 Å². The number of hydrogen-bond donors (Lipinski definition) is 1. The van der Waals surface area contributed by atoms with Crippen molar-refractivity contribution in [3.8, 4) is 0 Å². The summed E-state index contributed by atoms with van der Waals surface area (Å²) >= 11 is 1.61. The first-order valence-electron chi connectivity index (χ1n) is 8.29. The van der Waals surface area contributed by atoms with Crippen molar-refractivity contribution in [2.45, 2.75) is 71.1 Å². The van der Waals surface area contributed by atoms with Crippen LogP contribution in [0, 0.1) is 5.92 Å². The summed E-state index contributed by atoms with van der Waals surface area (Å²) in [4.78, 5) is 20.0. The highest BCUT2D eigenvalue weighted by molar-refractivity contribution is 7.11. The van der Waals surface area contributed by atoms with Gasteiger partial charge in [-0.3, -0.25) is 0 Å². The normalized spacial score (nSPS) is 21.0. The van der Waals surface area contributed by atoms with E-state index >= 15 is 0 Å². The van der Waals surface area contributed by atoms with Crippen molar-refractivity contribution in [3.05, 3.63) is 26.5 Å². The first-order chi connectivity index (χ1) is 11.4. The van der Waals surface area contributed by atoms with Crippen LogP contribution < -0.4 is 5.32 Å². The highest BCUT2D eigenvalue weighted by Gasteiger charge is 2.26. The lowest BCUT2D eigenvalue weighted by molar-refractivity contribution is 0.0598. The molecule has 1 amide bonds. The van der Waals surface area contributed by atoms with E-state index < -0.39 is 0 Å². The van der Waals surface area contributed by atoms with Crippen LogP contribution in [-0.4, -0.2) is 22.7 Å². The van der Waals surface area contributed by atoms with E-state index in [2.05, 4.69) is 20.3 Å². The summed E-state index contributed by atoms with van der Waals surface area (Å²) in [5.74, 6) is 0.578. The maximum atomic E-state index is 11.8. The largest absolute Gasteiger partial charge is 0.446 e. The van der Waals surface area contributed by atoms with Gasteiger partial charge in [-0.25, -0.2) is 9.78 Å². The first-order valence-corrected chi connectivity index (χ1v) is 9.10. The fourth-order valence-electron chi connectivity index (χ4n) is 2.80. The number of ether oxygens (including phenoxy) is 1. The van der Waals surface area contributed by atoms with Gasteiger partial charge in [0.1, 0.15) is 6.10 Å². The van der Waals surface area contributed by atoms with Gasteiger partial charge in [-0.2, -0.15) is 0 Å². The second-order valence-corrected chi connectivity index (χ2v) is 8.44. The predicted molar refractivity (Wildman–Crippen MR) is 93.8 cm³/mol. The third kappa shape index (κ3) is 6.37. The first kappa shape index (κ1) is 18.5. The summed E-state index contributed by atoms with van der Waals surface area (Å²) in [6.45, 7) is 6.19. The van der Waals surface area contributed by atoms with E-state index in [0.717, 1.165) is 42.0 Å². The third-order valence-corrected chi connectivity index (χ3v) is 4.90. The van der Waals surface area contributed by atoms with Crippen LogP contribution in [0.1, 0.15) is 56.3 Å². The minimum atomic E-state index is -0.325. The molecule has 1 aromatic rings. The molecule has 0 radical (unpaired) electrons. The van der Waals surface area contributed by atoms with Crippen molar-refractivity contribution in [3.63, 3.8) is 0 Å². The van der Waals surface area contributed by atoms with Crippen molar-refractivity contribution in [1.82, 2.24) is 10.3 Å². The van der Waals surface area contributed by atoms with Gasteiger partial charge in [0.25, 0.3) is 0 Å². The Morgan fingerprint density at radius 1 is 1.46 bits per heavy atom. The molecule has 1 fully saturated rings. The number of rotatable bonds is 5. The molecule has 0 bridgehead atoms. The van der Waals surface area contributed by atoms with Crippen molar-refractivity contribution >= 4 is 17.4 Å². The SMILES string of the molecule is CC(C)(C)NC(=O)OC1CCC(Cc2ncc(CN=[N+]=[N-])s2)CC1. The molecule has 1 saturated carbocycles. The van der Waals surface area contributed by atoms with Gasteiger partial charge in [0.05, 0.1) is 11.6 Å². The number of alkyl carbamates (subject to hydrolysis) is 1. The highest BCUT2D eigenvalue weighted by Crippen LogP contribution is 2.30. The van der Waals surface area contributed by atoms with Gasteiger partial charge < -0.3 is 10.1 Å². The average molecular weight is 351 g/mol. The Kier molecular flexibility index (Phi) is 6.45. The number of amides is 1. The average Bonchev–Trinajstić information content (AvgIpc) is 2.92. The van der Waals surface area contributed by atoms with Crippen LogP contribution in [0.4, 0.5) is 4.79 Å². The molecule has 0 saturated heterocycles. The smallest absolute Gasteiger partial charge is 0.407 e. The lowest BCUT2D eigenvalue weighted by Crippen LogP contribution is -2.42.